The number of carbonyl (C=O) groups excluding carboxylic acids is 1. The largest absolute Gasteiger partial charge is 0.480 e. The summed E-state index contributed by atoms with van der Waals surface area (Å²) in [5, 5.41) is 9.14. The Balaban J connectivity index is 3.52. The maximum absolute atomic E-state index is 13.8. The fraction of sp³-hybridized carbons (Fsp3) is 0.333. The third-order valence-electron chi connectivity index (χ3n) is 2.68. The molecule has 0 spiro atoms. The van der Waals surface area contributed by atoms with Crippen LogP contribution in [0, 0.1) is 11.6 Å². The molecule has 0 aliphatic rings. The molecule has 104 valence electrons. The van der Waals surface area contributed by atoms with Gasteiger partial charge >= 0.3 is 11.9 Å². The molecule has 1 unspecified atom stereocenters. The van der Waals surface area contributed by atoms with Crippen LogP contribution in [0.25, 0.3) is 0 Å². The van der Waals surface area contributed by atoms with Crippen molar-refractivity contribution >= 4 is 17.6 Å². The Morgan fingerprint density at radius 2 is 1.84 bits per heavy atom. The minimum Gasteiger partial charge on any atom is -0.480 e. The second-order valence-corrected chi connectivity index (χ2v) is 4.01. The molecule has 0 bridgehead atoms. The topological polar surface area (TPSA) is 89.6 Å². The summed E-state index contributed by atoms with van der Waals surface area (Å²) in [5.41, 5.74) is 1.66. The summed E-state index contributed by atoms with van der Waals surface area (Å²) in [5.74, 6) is -5.38. The number of nitrogens with two attached hydrogens (primary N) is 1. The predicted octanol–water partition coefficient (Wildman–Crippen LogP) is 1.45. The first-order chi connectivity index (χ1) is 8.75. The van der Waals surface area contributed by atoms with Crippen molar-refractivity contribution in [1.82, 2.24) is 0 Å². The number of esters is 1. The van der Waals surface area contributed by atoms with Crippen molar-refractivity contribution in [2.75, 3.05) is 12.3 Å². The average Bonchev–Trinajstić information content (AvgIpc) is 2.27. The number of carbonyl (C=O) groups is 2. The summed E-state index contributed by atoms with van der Waals surface area (Å²) < 4.78 is 32.1. The van der Waals surface area contributed by atoms with Crippen molar-refractivity contribution in [1.29, 1.82) is 0 Å². The molecule has 0 aliphatic heterocycles. The number of aliphatic carboxylic acids is 1. The molecule has 5 nitrogen and oxygen atoms in total. The molecule has 1 aromatic carbocycles. The maximum atomic E-state index is 13.8. The number of hydrogen-bond acceptors (Lipinski definition) is 4. The van der Waals surface area contributed by atoms with Gasteiger partial charge in [-0.2, -0.15) is 0 Å². The average molecular weight is 273 g/mol. The summed E-state index contributed by atoms with van der Waals surface area (Å²) in [6, 6.07) is 1.50. The van der Waals surface area contributed by atoms with Gasteiger partial charge in [-0.05, 0) is 26.0 Å². The van der Waals surface area contributed by atoms with Crippen LogP contribution in [0.1, 0.15) is 19.4 Å². The zero-order chi connectivity index (χ0) is 14.8. The van der Waals surface area contributed by atoms with E-state index >= 15 is 0 Å². The third kappa shape index (κ3) is 2.49. The molecular formula is C12H13F2NO4. The molecular weight excluding hydrogens is 260 g/mol. The molecule has 0 amide bonds. The number of carboxylic acids is 1. The molecule has 3 N–H and O–H groups in total. The Labute approximate surface area is 108 Å². The first-order valence-electron chi connectivity index (χ1n) is 5.40. The standard InChI is InChI=1S/C12H13F2NO4/c1-3-19-11(18)12(2,10(16)17)9-7(13)4-6(15)5-8(9)14/h4-5H,3,15H2,1-2H3,(H,16,17). The molecule has 0 aliphatic carbocycles. The van der Waals surface area contributed by atoms with Crippen LogP contribution in [0.5, 0.6) is 0 Å². The van der Waals surface area contributed by atoms with E-state index in [-0.39, 0.29) is 12.3 Å². The quantitative estimate of drug-likeness (QED) is 0.492. The Kier molecular flexibility index (Phi) is 4.08. The first kappa shape index (κ1) is 14.9. The van der Waals surface area contributed by atoms with Crippen LogP contribution < -0.4 is 5.73 Å². The van der Waals surface area contributed by atoms with Gasteiger partial charge in [0.25, 0.3) is 0 Å². The first-order valence-corrected chi connectivity index (χ1v) is 5.40. The summed E-state index contributed by atoms with van der Waals surface area (Å²) in [4.78, 5) is 23.0. The lowest BCUT2D eigenvalue weighted by Crippen LogP contribution is -2.43. The van der Waals surface area contributed by atoms with Crippen LogP contribution in [0.15, 0.2) is 12.1 Å². The van der Waals surface area contributed by atoms with Crippen molar-refractivity contribution in [3.05, 3.63) is 29.3 Å². The lowest BCUT2D eigenvalue weighted by atomic mass is 9.81. The van der Waals surface area contributed by atoms with E-state index in [1.807, 2.05) is 0 Å². The van der Waals surface area contributed by atoms with Gasteiger partial charge in [-0.3, -0.25) is 9.59 Å². The van der Waals surface area contributed by atoms with Crippen LogP contribution in [-0.4, -0.2) is 23.7 Å². The minimum absolute atomic E-state index is 0.111. The third-order valence-corrected chi connectivity index (χ3v) is 2.68. The van der Waals surface area contributed by atoms with Crippen LogP contribution in [0.2, 0.25) is 0 Å². The monoisotopic (exact) mass is 273 g/mol. The Bertz CT molecular complexity index is 509. The van der Waals surface area contributed by atoms with Crippen LogP contribution in [-0.2, 0) is 19.7 Å². The number of ether oxygens (including phenoxy) is 1. The number of rotatable bonds is 4. The zero-order valence-corrected chi connectivity index (χ0v) is 10.4. The lowest BCUT2D eigenvalue weighted by molar-refractivity contribution is -0.160. The molecule has 0 saturated heterocycles. The predicted molar refractivity (Wildman–Crippen MR) is 62.4 cm³/mol. The van der Waals surface area contributed by atoms with E-state index in [4.69, 9.17) is 10.8 Å². The molecule has 1 aromatic rings. The van der Waals surface area contributed by atoms with E-state index < -0.39 is 34.6 Å². The summed E-state index contributed by atoms with van der Waals surface area (Å²) >= 11 is 0. The van der Waals surface area contributed by atoms with Gasteiger partial charge in [-0.15, -0.1) is 0 Å². The van der Waals surface area contributed by atoms with Crippen LogP contribution >= 0.6 is 0 Å². The second-order valence-electron chi connectivity index (χ2n) is 4.01. The number of nitrogen functional groups attached to an aromatic ring is 1. The van der Waals surface area contributed by atoms with Crippen molar-refractivity contribution in [3.8, 4) is 0 Å². The summed E-state index contributed by atoms with van der Waals surface area (Å²) in [6.45, 7) is 2.22. The Hall–Kier alpha value is -2.18. The van der Waals surface area contributed by atoms with Gasteiger partial charge < -0.3 is 15.6 Å². The van der Waals surface area contributed by atoms with Crippen LogP contribution in [0.4, 0.5) is 14.5 Å². The number of halogens is 2. The SMILES string of the molecule is CCOC(=O)C(C)(C(=O)O)c1c(F)cc(N)cc1F. The fourth-order valence-corrected chi connectivity index (χ4v) is 1.64. The summed E-state index contributed by atoms with van der Waals surface area (Å²) in [7, 11) is 0. The van der Waals surface area contributed by atoms with Crippen molar-refractivity contribution in [3.63, 3.8) is 0 Å². The molecule has 1 rings (SSSR count). The van der Waals surface area contributed by atoms with Gasteiger partial charge in [0.2, 0.25) is 0 Å². The number of anilines is 1. The summed E-state index contributed by atoms with van der Waals surface area (Å²) in [6.07, 6.45) is 0. The van der Waals surface area contributed by atoms with E-state index in [0.29, 0.717) is 0 Å². The van der Waals surface area contributed by atoms with Gasteiger partial charge in [0.1, 0.15) is 11.6 Å². The highest BCUT2D eigenvalue weighted by molar-refractivity contribution is 6.05. The van der Waals surface area contributed by atoms with Gasteiger partial charge in [0.05, 0.1) is 12.2 Å². The Morgan fingerprint density at radius 1 is 1.37 bits per heavy atom. The molecule has 0 fully saturated rings. The number of hydrogen-bond donors (Lipinski definition) is 2. The highest BCUT2D eigenvalue weighted by Gasteiger charge is 2.48. The molecule has 19 heavy (non-hydrogen) atoms. The van der Waals surface area contributed by atoms with Crippen molar-refractivity contribution < 1.29 is 28.2 Å². The second kappa shape index (κ2) is 5.21. The van der Waals surface area contributed by atoms with Gasteiger partial charge in [0.15, 0.2) is 5.41 Å². The highest BCUT2D eigenvalue weighted by atomic mass is 19.1. The Morgan fingerprint density at radius 3 is 2.21 bits per heavy atom. The lowest BCUT2D eigenvalue weighted by Gasteiger charge is -2.24. The van der Waals surface area contributed by atoms with E-state index in [9.17, 15) is 18.4 Å². The van der Waals surface area contributed by atoms with E-state index in [1.165, 1.54) is 6.92 Å². The van der Waals surface area contributed by atoms with Gasteiger partial charge in [-0.25, -0.2) is 8.78 Å². The van der Waals surface area contributed by atoms with E-state index in [1.54, 1.807) is 0 Å². The van der Waals surface area contributed by atoms with E-state index in [0.717, 1.165) is 19.1 Å². The molecule has 0 radical (unpaired) electrons. The van der Waals surface area contributed by atoms with Crippen molar-refractivity contribution in [2.24, 2.45) is 0 Å². The normalized spacial score (nSPS) is 13.7. The van der Waals surface area contributed by atoms with E-state index in [2.05, 4.69) is 4.74 Å². The highest BCUT2D eigenvalue weighted by Crippen LogP contribution is 2.32. The minimum atomic E-state index is -2.47. The molecule has 7 heteroatoms. The molecule has 0 aromatic heterocycles. The van der Waals surface area contributed by atoms with Crippen molar-refractivity contribution in [2.45, 2.75) is 19.3 Å². The van der Waals surface area contributed by atoms with Gasteiger partial charge in [-0.1, -0.05) is 0 Å². The van der Waals surface area contributed by atoms with Gasteiger partial charge in [0, 0.05) is 5.69 Å². The molecule has 0 heterocycles. The zero-order valence-electron chi connectivity index (χ0n) is 10.4. The molecule has 1 atom stereocenters. The fourth-order valence-electron chi connectivity index (χ4n) is 1.64. The number of benzene rings is 1. The van der Waals surface area contributed by atoms with Crippen LogP contribution in [0.3, 0.4) is 0 Å². The molecule has 0 saturated carbocycles. The smallest absolute Gasteiger partial charge is 0.327 e. The maximum Gasteiger partial charge on any atom is 0.327 e. The number of carboxylic acid groups (broad SMARTS) is 1.